The minimum atomic E-state index is 0.150. The number of rotatable bonds is 9. The maximum atomic E-state index is 12.5. The van der Waals surface area contributed by atoms with Crippen LogP contribution in [0.2, 0.25) is 0 Å². The van der Waals surface area contributed by atoms with Crippen molar-refractivity contribution in [2.45, 2.75) is 39.3 Å². The summed E-state index contributed by atoms with van der Waals surface area (Å²) in [6.45, 7) is 8.18. The van der Waals surface area contributed by atoms with Crippen molar-refractivity contribution in [1.82, 2.24) is 10.2 Å². The second-order valence-electron chi connectivity index (χ2n) is 7.47. The fraction of sp³-hybridized carbons (Fsp3) is 0.435. The van der Waals surface area contributed by atoms with Gasteiger partial charge < -0.3 is 20.3 Å². The van der Waals surface area contributed by atoms with E-state index in [0.29, 0.717) is 0 Å². The zero-order valence-electron chi connectivity index (χ0n) is 16.9. The van der Waals surface area contributed by atoms with Gasteiger partial charge in [-0.1, -0.05) is 24.3 Å². The Morgan fingerprint density at radius 2 is 1.86 bits per heavy atom. The summed E-state index contributed by atoms with van der Waals surface area (Å²) in [5.74, 6) is 1.04. The Bertz CT molecular complexity index is 770. The maximum absolute atomic E-state index is 12.5. The number of anilines is 1. The molecule has 0 aromatic heterocycles. The Morgan fingerprint density at radius 3 is 2.64 bits per heavy atom. The van der Waals surface area contributed by atoms with Crippen LogP contribution in [0.25, 0.3) is 0 Å². The summed E-state index contributed by atoms with van der Waals surface area (Å²) in [4.78, 5) is 14.5. The van der Waals surface area contributed by atoms with Crippen LogP contribution >= 0.6 is 0 Å². The number of carbonyl (C=O) groups is 1. The molecule has 1 heterocycles. The second kappa shape index (κ2) is 10.1. The third kappa shape index (κ3) is 5.73. The van der Waals surface area contributed by atoms with Crippen LogP contribution < -0.4 is 15.4 Å². The molecule has 0 radical (unpaired) electrons. The van der Waals surface area contributed by atoms with Gasteiger partial charge in [0.2, 0.25) is 0 Å². The fourth-order valence-corrected chi connectivity index (χ4v) is 3.40. The minimum Gasteiger partial charge on any atom is -0.489 e. The summed E-state index contributed by atoms with van der Waals surface area (Å²) in [5.41, 5.74) is 2.93. The number of para-hydroxylation sites is 2. The molecular formula is C23H31N3O2. The van der Waals surface area contributed by atoms with E-state index in [-0.39, 0.29) is 12.0 Å². The van der Waals surface area contributed by atoms with Crippen LogP contribution in [0.15, 0.2) is 48.5 Å². The predicted octanol–water partition coefficient (Wildman–Crippen LogP) is 3.91. The molecule has 0 unspecified atom stereocenters. The molecule has 1 aliphatic heterocycles. The molecule has 1 saturated heterocycles. The first-order chi connectivity index (χ1) is 13.6. The monoisotopic (exact) mass is 381 g/mol. The Kier molecular flexibility index (Phi) is 7.31. The van der Waals surface area contributed by atoms with Crippen LogP contribution in [0.1, 0.15) is 42.6 Å². The number of ether oxygens (including phenoxy) is 1. The Labute approximate surface area is 168 Å². The van der Waals surface area contributed by atoms with Gasteiger partial charge in [-0.25, -0.2) is 0 Å². The smallest absolute Gasteiger partial charge is 0.253 e. The van der Waals surface area contributed by atoms with E-state index in [2.05, 4.69) is 16.7 Å². The van der Waals surface area contributed by atoms with Crippen molar-refractivity contribution >= 4 is 11.6 Å². The second-order valence-corrected chi connectivity index (χ2v) is 7.47. The highest BCUT2D eigenvalue weighted by Crippen LogP contribution is 2.24. The molecule has 150 valence electrons. The van der Waals surface area contributed by atoms with E-state index in [4.69, 9.17) is 4.74 Å². The molecule has 1 aliphatic rings. The van der Waals surface area contributed by atoms with Gasteiger partial charge in [-0.2, -0.15) is 0 Å². The lowest BCUT2D eigenvalue weighted by Crippen LogP contribution is -2.27. The predicted molar refractivity (Wildman–Crippen MR) is 114 cm³/mol. The highest BCUT2D eigenvalue weighted by molar-refractivity contribution is 5.94. The SMILES string of the molecule is CC(C)Oc1ccccc1NCCNCc1cccc(C(=O)N2CCCC2)c1. The van der Waals surface area contributed by atoms with Crippen molar-refractivity contribution in [2.24, 2.45) is 0 Å². The molecule has 3 rings (SSSR count). The van der Waals surface area contributed by atoms with Gasteiger partial charge in [-0.05, 0) is 56.5 Å². The Hall–Kier alpha value is -2.53. The molecule has 5 heteroatoms. The molecule has 0 aliphatic carbocycles. The van der Waals surface area contributed by atoms with E-state index in [1.807, 2.05) is 61.2 Å². The standard InChI is InChI=1S/C23H31N3O2/c1-18(2)28-22-11-4-3-10-21(22)25-13-12-24-17-19-8-7-9-20(16-19)23(27)26-14-5-6-15-26/h3-4,7-11,16,18,24-25H,5-6,12-15,17H2,1-2H3. The van der Waals surface area contributed by atoms with Gasteiger partial charge in [0.25, 0.3) is 5.91 Å². The number of hydrogen-bond donors (Lipinski definition) is 2. The van der Waals surface area contributed by atoms with Gasteiger partial charge in [0.15, 0.2) is 0 Å². The molecule has 1 amide bonds. The highest BCUT2D eigenvalue weighted by atomic mass is 16.5. The molecular weight excluding hydrogens is 350 g/mol. The number of hydrogen-bond acceptors (Lipinski definition) is 4. The summed E-state index contributed by atoms with van der Waals surface area (Å²) < 4.78 is 5.83. The minimum absolute atomic E-state index is 0.150. The number of carbonyl (C=O) groups excluding carboxylic acids is 1. The Balaban J connectivity index is 1.45. The fourth-order valence-electron chi connectivity index (χ4n) is 3.40. The Morgan fingerprint density at radius 1 is 1.07 bits per heavy atom. The largest absolute Gasteiger partial charge is 0.489 e. The van der Waals surface area contributed by atoms with Gasteiger partial charge in [0.1, 0.15) is 5.75 Å². The van der Waals surface area contributed by atoms with Crippen LogP contribution in [0.5, 0.6) is 5.75 Å². The molecule has 0 bridgehead atoms. The molecule has 2 aromatic carbocycles. The quantitative estimate of drug-likeness (QED) is 0.647. The van der Waals surface area contributed by atoms with Gasteiger partial charge in [0.05, 0.1) is 11.8 Å². The first-order valence-corrected chi connectivity index (χ1v) is 10.2. The molecule has 0 spiro atoms. The van der Waals surface area contributed by atoms with Crippen LogP contribution in [-0.4, -0.2) is 43.1 Å². The first-order valence-electron chi connectivity index (χ1n) is 10.2. The third-order valence-corrected chi connectivity index (χ3v) is 4.76. The van der Waals surface area contributed by atoms with E-state index in [9.17, 15) is 4.79 Å². The van der Waals surface area contributed by atoms with Gasteiger partial charge in [-0.3, -0.25) is 4.79 Å². The lowest BCUT2D eigenvalue weighted by atomic mass is 10.1. The van der Waals surface area contributed by atoms with Gasteiger partial charge in [-0.15, -0.1) is 0 Å². The summed E-state index contributed by atoms with van der Waals surface area (Å²) in [5, 5.41) is 6.86. The van der Waals surface area contributed by atoms with E-state index in [1.165, 1.54) is 0 Å². The molecule has 28 heavy (non-hydrogen) atoms. The number of nitrogens with one attached hydrogen (secondary N) is 2. The van der Waals surface area contributed by atoms with Crippen LogP contribution in [0.4, 0.5) is 5.69 Å². The topological polar surface area (TPSA) is 53.6 Å². The van der Waals surface area contributed by atoms with Crippen molar-refractivity contribution < 1.29 is 9.53 Å². The van der Waals surface area contributed by atoms with Crippen LogP contribution in [-0.2, 0) is 6.54 Å². The summed E-state index contributed by atoms with van der Waals surface area (Å²) >= 11 is 0. The average Bonchev–Trinajstić information content (AvgIpc) is 3.23. The van der Waals surface area contributed by atoms with Crippen molar-refractivity contribution in [1.29, 1.82) is 0 Å². The maximum Gasteiger partial charge on any atom is 0.253 e. The van der Waals surface area contributed by atoms with Crippen molar-refractivity contribution in [2.75, 3.05) is 31.5 Å². The normalized spacial score (nSPS) is 13.8. The lowest BCUT2D eigenvalue weighted by Gasteiger charge is -2.16. The number of likely N-dealkylation sites (tertiary alicyclic amines) is 1. The van der Waals surface area contributed by atoms with Gasteiger partial charge in [0, 0.05) is 38.3 Å². The van der Waals surface area contributed by atoms with E-state index < -0.39 is 0 Å². The van der Waals surface area contributed by atoms with Gasteiger partial charge >= 0.3 is 0 Å². The highest BCUT2D eigenvalue weighted by Gasteiger charge is 2.19. The zero-order chi connectivity index (χ0) is 19.8. The summed E-state index contributed by atoms with van der Waals surface area (Å²) in [7, 11) is 0. The molecule has 0 saturated carbocycles. The van der Waals surface area contributed by atoms with Crippen molar-refractivity contribution in [3.8, 4) is 5.75 Å². The van der Waals surface area contributed by atoms with E-state index in [1.54, 1.807) is 0 Å². The zero-order valence-corrected chi connectivity index (χ0v) is 16.9. The molecule has 1 fully saturated rings. The number of nitrogens with zero attached hydrogens (tertiary/aromatic N) is 1. The summed E-state index contributed by atoms with van der Waals surface area (Å²) in [6, 6.07) is 16.0. The molecule has 2 N–H and O–H groups in total. The van der Waals surface area contributed by atoms with Crippen LogP contribution in [0.3, 0.4) is 0 Å². The molecule has 5 nitrogen and oxygen atoms in total. The molecule has 2 aromatic rings. The average molecular weight is 382 g/mol. The summed E-state index contributed by atoms with van der Waals surface area (Å²) in [6.07, 6.45) is 2.38. The number of benzene rings is 2. The van der Waals surface area contributed by atoms with Crippen molar-refractivity contribution in [3.05, 3.63) is 59.7 Å². The van der Waals surface area contributed by atoms with Crippen molar-refractivity contribution in [3.63, 3.8) is 0 Å². The van der Waals surface area contributed by atoms with E-state index >= 15 is 0 Å². The first kappa shape index (κ1) is 20.2. The lowest BCUT2D eigenvalue weighted by molar-refractivity contribution is 0.0792. The third-order valence-electron chi connectivity index (χ3n) is 4.76. The van der Waals surface area contributed by atoms with Crippen LogP contribution in [0, 0.1) is 0 Å². The molecule has 0 atom stereocenters. The van der Waals surface area contributed by atoms with E-state index in [0.717, 1.165) is 68.1 Å². The number of amides is 1.